The Hall–Kier alpha value is -1.69. The Bertz CT molecular complexity index is 507. The van der Waals surface area contributed by atoms with Gasteiger partial charge >= 0.3 is 5.97 Å². The molecule has 0 fully saturated rings. The third-order valence-electron chi connectivity index (χ3n) is 3.53. The summed E-state index contributed by atoms with van der Waals surface area (Å²) in [6.07, 6.45) is 0.661. The number of ether oxygens (including phenoxy) is 1. The van der Waals surface area contributed by atoms with Gasteiger partial charge in [0.25, 0.3) is 0 Å². The van der Waals surface area contributed by atoms with Gasteiger partial charge in [-0.1, -0.05) is 13.8 Å². The van der Waals surface area contributed by atoms with Crippen LogP contribution in [0.5, 0.6) is 0 Å². The van der Waals surface area contributed by atoms with Crippen LogP contribution in [0.3, 0.4) is 0 Å². The van der Waals surface area contributed by atoms with Crippen LogP contribution >= 0.6 is 0 Å². The number of esters is 1. The fourth-order valence-corrected chi connectivity index (χ4v) is 1.90. The number of nitrogens with two attached hydrogens (primary N) is 1. The molecule has 1 aromatic carbocycles. The van der Waals surface area contributed by atoms with Crippen molar-refractivity contribution in [1.82, 2.24) is 0 Å². The first-order valence-electron chi connectivity index (χ1n) is 6.82. The average Bonchev–Trinajstić information content (AvgIpc) is 2.46. The zero-order chi connectivity index (χ0) is 16.2. The highest BCUT2D eigenvalue weighted by Crippen LogP contribution is 2.24. The molecule has 1 atom stereocenters. The van der Waals surface area contributed by atoms with Crippen molar-refractivity contribution >= 4 is 11.7 Å². The summed E-state index contributed by atoms with van der Waals surface area (Å²) >= 11 is 0. The van der Waals surface area contributed by atoms with Crippen LogP contribution in [0.2, 0.25) is 0 Å². The van der Waals surface area contributed by atoms with Crippen LogP contribution in [-0.4, -0.2) is 32.7 Å². The van der Waals surface area contributed by atoms with Crippen molar-refractivity contribution < 1.29 is 18.3 Å². The molecule has 0 bridgehead atoms. The van der Waals surface area contributed by atoms with Crippen LogP contribution < -0.4 is 10.6 Å². The third-order valence-corrected chi connectivity index (χ3v) is 3.53. The number of halogens is 2. The van der Waals surface area contributed by atoms with E-state index in [0.717, 1.165) is 7.11 Å². The Morgan fingerprint density at radius 3 is 2.48 bits per heavy atom. The van der Waals surface area contributed by atoms with Gasteiger partial charge in [0, 0.05) is 19.6 Å². The normalized spacial score (nSPS) is 12.4. The Labute approximate surface area is 123 Å². The third kappa shape index (κ3) is 4.14. The first-order valence-corrected chi connectivity index (χ1v) is 6.82. The van der Waals surface area contributed by atoms with Gasteiger partial charge in [-0.3, -0.25) is 0 Å². The van der Waals surface area contributed by atoms with Gasteiger partial charge in [-0.2, -0.15) is 0 Å². The van der Waals surface area contributed by atoms with E-state index in [-0.39, 0.29) is 11.7 Å². The van der Waals surface area contributed by atoms with Gasteiger partial charge < -0.3 is 15.4 Å². The van der Waals surface area contributed by atoms with E-state index in [9.17, 15) is 13.6 Å². The van der Waals surface area contributed by atoms with Gasteiger partial charge in [0.15, 0.2) is 11.6 Å². The second-order valence-corrected chi connectivity index (χ2v) is 5.37. The van der Waals surface area contributed by atoms with Crippen molar-refractivity contribution in [3.05, 3.63) is 29.3 Å². The molecule has 1 rings (SSSR count). The molecule has 0 aliphatic carbocycles. The molecule has 0 heterocycles. The van der Waals surface area contributed by atoms with Crippen LogP contribution in [0.15, 0.2) is 12.1 Å². The van der Waals surface area contributed by atoms with E-state index in [1.165, 1.54) is 12.1 Å². The molecule has 0 spiro atoms. The molecule has 0 saturated carbocycles. The Balaban J connectivity index is 2.89. The van der Waals surface area contributed by atoms with E-state index in [4.69, 9.17) is 5.73 Å². The number of methoxy groups -OCH3 is 1. The molecular formula is C15H22F2N2O2. The molecule has 0 aliphatic rings. The van der Waals surface area contributed by atoms with Gasteiger partial charge in [-0.05, 0) is 24.5 Å². The van der Waals surface area contributed by atoms with Crippen molar-refractivity contribution in [3.63, 3.8) is 0 Å². The molecule has 0 aromatic heterocycles. The lowest BCUT2D eigenvalue weighted by Gasteiger charge is -2.23. The molecule has 21 heavy (non-hydrogen) atoms. The smallest absolute Gasteiger partial charge is 0.340 e. The number of carbonyl (C=O) groups excluding carboxylic acids is 1. The Morgan fingerprint density at radius 1 is 1.33 bits per heavy atom. The summed E-state index contributed by atoms with van der Waals surface area (Å²) in [4.78, 5) is 12.9. The maximum atomic E-state index is 14.0. The quantitative estimate of drug-likeness (QED) is 0.820. The molecule has 1 aromatic rings. The minimum absolute atomic E-state index is 0.00491. The summed E-state index contributed by atoms with van der Waals surface area (Å²) < 4.78 is 32.3. The van der Waals surface area contributed by atoms with Gasteiger partial charge in [0.05, 0.1) is 18.4 Å². The lowest BCUT2D eigenvalue weighted by molar-refractivity contribution is 0.0594. The van der Waals surface area contributed by atoms with Crippen molar-refractivity contribution in [1.29, 1.82) is 0 Å². The van der Waals surface area contributed by atoms with Crippen LogP contribution in [0.4, 0.5) is 14.5 Å². The molecule has 118 valence electrons. The SMILES string of the molecule is COC(=O)c1ccc(N(C)CCC(N)C(C)C)c(F)c1F. The van der Waals surface area contributed by atoms with E-state index < -0.39 is 23.2 Å². The van der Waals surface area contributed by atoms with Crippen molar-refractivity contribution in [2.75, 3.05) is 25.6 Å². The first-order chi connectivity index (χ1) is 9.79. The highest BCUT2D eigenvalue weighted by molar-refractivity contribution is 5.90. The topological polar surface area (TPSA) is 55.6 Å². The summed E-state index contributed by atoms with van der Waals surface area (Å²) in [6.45, 7) is 4.51. The molecule has 6 heteroatoms. The van der Waals surface area contributed by atoms with Gasteiger partial charge in [-0.15, -0.1) is 0 Å². The van der Waals surface area contributed by atoms with Gasteiger partial charge in [0.1, 0.15) is 0 Å². The van der Waals surface area contributed by atoms with Gasteiger partial charge in [0.2, 0.25) is 0 Å². The number of nitrogens with zero attached hydrogens (tertiary/aromatic N) is 1. The molecule has 2 N–H and O–H groups in total. The lowest BCUT2D eigenvalue weighted by atomic mass is 10.0. The summed E-state index contributed by atoms with van der Waals surface area (Å²) in [5, 5.41) is 0. The number of hydrogen-bond acceptors (Lipinski definition) is 4. The number of carbonyl (C=O) groups is 1. The highest BCUT2D eigenvalue weighted by Gasteiger charge is 2.21. The van der Waals surface area contributed by atoms with Crippen molar-refractivity contribution in [3.8, 4) is 0 Å². The fourth-order valence-electron chi connectivity index (χ4n) is 1.90. The van der Waals surface area contributed by atoms with E-state index in [1.807, 2.05) is 13.8 Å². The average molecular weight is 300 g/mol. The van der Waals surface area contributed by atoms with Crippen molar-refractivity contribution in [2.45, 2.75) is 26.3 Å². The predicted molar refractivity (Wildman–Crippen MR) is 78.4 cm³/mol. The number of anilines is 1. The molecule has 4 nitrogen and oxygen atoms in total. The van der Waals surface area contributed by atoms with E-state index in [2.05, 4.69) is 4.74 Å². The highest BCUT2D eigenvalue weighted by atomic mass is 19.2. The molecule has 0 aliphatic heterocycles. The lowest BCUT2D eigenvalue weighted by Crippen LogP contribution is -2.32. The van der Waals surface area contributed by atoms with E-state index in [1.54, 1.807) is 11.9 Å². The molecule has 0 amide bonds. The number of benzene rings is 1. The second kappa shape index (κ2) is 7.36. The minimum Gasteiger partial charge on any atom is -0.465 e. The first kappa shape index (κ1) is 17.4. The number of hydrogen-bond donors (Lipinski definition) is 1. The summed E-state index contributed by atoms with van der Waals surface area (Å²) in [5.74, 6) is -2.83. The molecule has 0 radical (unpaired) electrons. The molecule has 0 saturated heterocycles. The van der Waals surface area contributed by atoms with Crippen LogP contribution in [-0.2, 0) is 4.74 Å². The van der Waals surface area contributed by atoms with Crippen LogP contribution in [0, 0.1) is 17.6 Å². The largest absolute Gasteiger partial charge is 0.465 e. The monoisotopic (exact) mass is 300 g/mol. The standard InChI is InChI=1S/C15H22F2N2O2/c1-9(2)11(18)7-8-19(3)12-6-5-10(15(20)21-4)13(16)14(12)17/h5-6,9,11H,7-8,18H2,1-4H3. The maximum Gasteiger partial charge on any atom is 0.340 e. The predicted octanol–water partition coefficient (Wildman–Crippen LogP) is 2.56. The van der Waals surface area contributed by atoms with Crippen LogP contribution in [0.1, 0.15) is 30.6 Å². The van der Waals surface area contributed by atoms with Crippen LogP contribution in [0.25, 0.3) is 0 Å². The fraction of sp³-hybridized carbons (Fsp3) is 0.533. The summed E-state index contributed by atoms with van der Waals surface area (Å²) in [6, 6.07) is 2.58. The van der Waals surface area contributed by atoms with Gasteiger partial charge in [-0.25, -0.2) is 13.6 Å². The van der Waals surface area contributed by atoms with E-state index in [0.29, 0.717) is 18.9 Å². The minimum atomic E-state index is -1.20. The number of rotatable bonds is 6. The molecule has 1 unspecified atom stereocenters. The van der Waals surface area contributed by atoms with Crippen molar-refractivity contribution in [2.24, 2.45) is 11.7 Å². The van der Waals surface area contributed by atoms with E-state index >= 15 is 0 Å². The summed E-state index contributed by atoms with van der Waals surface area (Å²) in [5.41, 5.74) is 5.62. The summed E-state index contributed by atoms with van der Waals surface area (Å²) in [7, 11) is 2.77. The maximum absolute atomic E-state index is 14.0. The zero-order valence-corrected chi connectivity index (χ0v) is 12.8. The second-order valence-electron chi connectivity index (χ2n) is 5.37. The zero-order valence-electron chi connectivity index (χ0n) is 12.8. The Morgan fingerprint density at radius 2 is 1.95 bits per heavy atom. The Kier molecular flexibility index (Phi) is 6.08. The molecular weight excluding hydrogens is 278 g/mol.